The first kappa shape index (κ1) is 22.0. The number of anilines is 1. The van der Waals surface area contributed by atoms with Crippen molar-refractivity contribution in [3.8, 4) is 0 Å². The molecule has 1 aliphatic heterocycles. The van der Waals surface area contributed by atoms with Gasteiger partial charge in [0.15, 0.2) is 0 Å². The van der Waals surface area contributed by atoms with Crippen LogP contribution in [0.15, 0.2) is 42.5 Å². The molecular weight excluding hydrogens is 396 g/mol. The summed E-state index contributed by atoms with van der Waals surface area (Å²) in [5.74, 6) is -1.52. The van der Waals surface area contributed by atoms with E-state index in [1.54, 1.807) is 31.2 Å². The molecular formula is C23H26N4O4. The van der Waals surface area contributed by atoms with E-state index in [1.165, 1.54) is 0 Å². The highest BCUT2D eigenvalue weighted by Crippen LogP contribution is 2.28. The summed E-state index contributed by atoms with van der Waals surface area (Å²) in [6.45, 7) is 6.63. The zero-order chi connectivity index (χ0) is 22.8. The molecule has 1 atom stereocenters. The summed E-state index contributed by atoms with van der Waals surface area (Å²) in [6, 6.07) is 12.1. The Morgan fingerprint density at radius 1 is 1.00 bits per heavy atom. The second-order valence-corrected chi connectivity index (χ2v) is 7.91. The quantitative estimate of drug-likeness (QED) is 0.620. The van der Waals surface area contributed by atoms with Gasteiger partial charge in [0.1, 0.15) is 12.1 Å². The molecule has 0 saturated carbocycles. The number of amides is 5. The molecule has 8 nitrogen and oxygen atoms in total. The van der Waals surface area contributed by atoms with Crippen molar-refractivity contribution in [3.05, 3.63) is 64.7 Å². The minimum atomic E-state index is -1.24. The second-order valence-electron chi connectivity index (χ2n) is 7.91. The number of nitrogens with zero attached hydrogens (tertiary/aromatic N) is 1. The number of hydrogen-bond acceptors (Lipinski definition) is 4. The Labute approximate surface area is 181 Å². The first-order valence-corrected chi connectivity index (χ1v) is 9.96. The fraction of sp³-hybridized carbons (Fsp3) is 0.304. The van der Waals surface area contributed by atoms with Gasteiger partial charge in [-0.15, -0.1) is 0 Å². The van der Waals surface area contributed by atoms with E-state index in [4.69, 9.17) is 0 Å². The average Bonchev–Trinajstić information content (AvgIpc) is 2.94. The van der Waals surface area contributed by atoms with Crippen molar-refractivity contribution in [2.45, 2.75) is 33.2 Å². The summed E-state index contributed by atoms with van der Waals surface area (Å²) in [7, 11) is 0. The molecule has 1 unspecified atom stereocenters. The lowest BCUT2D eigenvalue weighted by atomic mass is 9.92. The number of carbonyl (C=O) groups excluding carboxylic acids is 4. The van der Waals surface area contributed by atoms with Gasteiger partial charge in [0.2, 0.25) is 11.8 Å². The van der Waals surface area contributed by atoms with Crippen LogP contribution in [0.25, 0.3) is 0 Å². The summed E-state index contributed by atoms with van der Waals surface area (Å²) >= 11 is 0. The van der Waals surface area contributed by atoms with Crippen molar-refractivity contribution in [3.63, 3.8) is 0 Å². The van der Waals surface area contributed by atoms with E-state index >= 15 is 0 Å². The summed E-state index contributed by atoms with van der Waals surface area (Å²) in [5.41, 5.74) is 3.04. The van der Waals surface area contributed by atoms with Gasteiger partial charge >= 0.3 is 6.03 Å². The predicted molar refractivity (Wildman–Crippen MR) is 116 cm³/mol. The van der Waals surface area contributed by atoms with Crippen LogP contribution in [0.3, 0.4) is 0 Å². The molecule has 5 amide bonds. The molecule has 3 N–H and O–H groups in total. The maximum Gasteiger partial charge on any atom is 0.325 e. The number of urea groups is 1. The number of aryl methyl sites for hydroxylation is 3. The Morgan fingerprint density at radius 2 is 1.61 bits per heavy atom. The van der Waals surface area contributed by atoms with Gasteiger partial charge in [-0.1, -0.05) is 48.0 Å². The lowest BCUT2D eigenvalue weighted by molar-refractivity contribution is -0.135. The van der Waals surface area contributed by atoms with Crippen molar-refractivity contribution >= 4 is 29.4 Å². The largest absolute Gasteiger partial charge is 0.345 e. The summed E-state index contributed by atoms with van der Waals surface area (Å²) in [4.78, 5) is 50.6. The van der Waals surface area contributed by atoms with E-state index in [0.717, 1.165) is 21.6 Å². The first-order chi connectivity index (χ1) is 14.6. The van der Waals surface area contributed by atoms with Crippen molar-refractivity contribution < 1.29 is 19.2 Å². The Bertz CT molecular complexity index is 1030. The normalized spacial score (nSPS) is 18.0. The Morgan fingerprint density at radius 3 is 2.23 bits per heavy atom. The molecule has 1 fully saturated rings. The standard InChI is InChI=1S/C23H26N4O4/c1-14-10-15(2)20(16(3)11-14)25-18(28)12-24-19(29)13-27-21(30)23(4,26-22(27)31)17-8-6-5-7-9-17/h5-11H,12-13H2,1-4H3,(H,24,29)(H,25,28)(H,26,31). The maximum atomic E-state index is 12.8. The number of nitrogens with one attached hydrogen (secondary N) is 3. The molecule has 0 aliphatic carbocycles. The maximum absolute atomic E-state index is 12.8. The van der Waals surface area contributed by atoms with Crippen molar-refractivity contribution in [1.29, 1.82) is 0 Å². The zero-order valence-corrected chi connectivity index (χ0v) is 18.0. The van der Waals surface area contributed by atoms with Crippen LogP contribution >= 0.6 is 0 Å². The monoisotopic (exact) mass is 422 g/mol. The molecule has 2 aromatic carbocycles. The smallest absolute Gasteiger partial charge is 0.325 e. The van der Waals surface area contributed by atoms with E-state index in [9.17, 15) is 19.2 Å². The van der Waals surface area contributed by atoms with Crippen LogP contribution in [0.2, 0.25) is 0 Å². The molecule has 0 spiro atoms. The van der Waals surface area contributed by atoms with Crippen LogP contribution in [0.1, 0.15) is 29.2 Å². The molecule has 1 aliphatic rings. The van der Waals surface area contributed by atoms with E-state index in [2.05, 4.69) is 16.0 Å². The lowest BCUT2D eigenvalue weighted by Crippen LogP contribution is -2.44. The minimum absolute atomic E-state index is 0.273. The molecule has 8 heteroatoms. The molecule has 3 rings (SSSR count). The van der Waals surface area contributed by atoms with Crippen LogP contribution in [0.4, 0.5) is 10.5 Å². The number of imide groups is 1. The summed E-state index contributed by atoms with van der Waals surface area (Å²) < 4.78 is 0. The van der Waals surface area contributed by atoms with Crippen LogP contribution in [-0.4, -0.2) is 41.7 Å². The van der Waals surface area contributed by atoms with E-state index < -0.39 is 35.8 Å². The molecule has 162 valence electrons. The van der Waals surface area contributed by atoms with Gasteiger partial charge in [-0.05, 0) is 44.4 Å². The van der Waals surface area contributed by atoms with E-state index in [-0.39, 0.29) is 6.54 Å². The van der Waals surface area contributed by atoms with Gasteiger partial charge in [-0.3, -0.25) is 19.3 Å². The zero-order valence-electron chi connectivity index (χ0n) is 18.0. The second kappa shape index (κ2) is 8.59. The van der Waals surface area contributed by atoms with Gasteiger partial charge in [0.05, 0.1) is 6.54 Å². The van der Waals surface area contributed by atoms with E-state index in [1.807, 2.05) is 39.0 Å². The highest BCUT2D eigenvalue weighted by atomic mass is 16.2. The number of rotatable bonds is 6. The predicted octanol–water partition coefficient (Wildman–Crippen LogP) is 2.13. The SMILES string of the molecule is Cc1cc(C)c(NC(=O)CNC(=O)CN2C(=O)NC(C)(c3ccccc3)C2=O)c(C)c1. The highest BCUT2D eigenvalue weighted by molar-refractivity contribution is 6.09. The van der Waals surface area contributed by atoms with Crippen LogP contribution in [0, 0.1) is 20.8 Å². The number of hydrogen-bond donors (Lipinski definition) is 3. The third kappa shape index (κ3) is 4.58. The van der Waals surface area contributed by atoms with Crippen molar-refractivity contribution in [2.24, 2.45) is 0 Å². The third-order valence-corrected chi connectivity index (χ3v) is 5.32. The topological polar surface area (TPSA) is 108 Å². The number of benzene rings is 2. The first-order valence-electron chi connectivity index (χ1n) is 9.96. The molecule has 0 bridgehead atoms. The van der Waals surface area contributed by atoms with Gasteiger partial charge in [-0.2, -0.15) is 0 Å². The lowest BCUT2D eigenvalue weighted by Gasteiger charge is -2.22. The fourth-order valence-corrected chi connectivity index (χ4v) is 3.75. The third-order valence-electron chi connectivity index (χ3n) is 5.32. The fourth-order valence-electron chi connectivity index (χ4n) is 3.75. The van der Waals surface area contributed by atoms with Gasteiger partial charge < -0.3 is 16.0 Å². The Kier molecular flexibility index (Phi) is 6.10. The number of carbonyl (C=O) groups is 4. The summed E-state index contributed by atoms with van der Waals surface area (Å²) in [5, 5.41) is 7.90. The molecule has 31 heavy (non-hydrogen) atoms. The molecule has 0 radical (unpaired) electrons. The Balaban J connectivity index is 1.58. The van der Waals surface area contributed by atoms with Crippen LogP contribution in [0.5, 0.6) is 0 Å². The van der Waals surface area contributed by atoms with Crippen LogP contribution < -0.4 is 16.0 Å². The summed E-state index contributed by atoms with van der Waals surface area (Å²) in [6.07, 6.45) is 0. The van der Waals surface area contributed by atoms with Crippen LogP contribution in [-0.2, 0) is 19.9 Å². The molecule has 1 saturated heterocycles. The highest BCUT2D eigenvalue weighted by Gasteiger charge is 2.49. The van der Waals surface area contributed by atoms with E-state index in [0.29, 0.717) is 11.3 Å². The van der Waals surface area contributed by atoms with Crippen molar-refractivity contribution in [1.82, 2.24) is 15.5 Å². The minimum Gasteiger partial charge on any atom is -0.345 e. The molecule has 0 aromatic heterocycles. The average molecular weight is 422 g/mol. The molecule has 1 heterocycles. The molecule has 2 aromatic rings. The van der Waals surface area contributed by atoms with Gasteiger partial charge in [-0.25, -0.2) is 4.79 Å². The van der Waals surface area contributed by atoms with Gasteiger partial charge in [0, 0.05) is 5.69 Å². The van der Waals surface area contributed by atoms with Gasteiger partial charge in [0.25, 0.3) is 5.91 Å². The van der Waals surface area contributed by atoms with Crippen molar-refractivity contribution in [2.75, 3.05) is 18.4 Å². The Hall–Kier alpha value is -3.68.